The predicted molar refractivity (Wildman–Crippen MR) is 237 cm³/mol. The third-order valence-electron chi connectivity index (χ3n) is 11.2. The zero-order valence-electron chi connectivity index (χ0n) is 30.6. The monoisotopic (exact) mass is 713 g/mol. The SMILES string of the molecule is c1ccc(-c2cc3c4ccc(-c5ccc(N(c6ccccc6)c6cccc(-c7ccc8c(ccc9ccccc98)c7)c6)cc5)cc4oc3c3ccccc23)cc1. The molecule has 0 radical (unpaired) electrons. The number of rotatable bonds is 6. The molecular formula is C54H35NO. The molecule has 2 heteroatoms. The molecule has 1 aromatic heterocycles. The fraction of sp³-hybridized carbons (Fsp3) is 0. The zero-order chi connectivity index (χ0) is 37.0. The smallest absolute Gasteiger partial charge is 0.143 e. The van der Waals surface area contributed by atoms with Gasteiger partial charge in [-0.1, -0.05) is 152 Å². The van der Waals surface area contributed by atoms with Crippen molar-refractivity contribution in [1.82, 2.24) is 0 Å². The highest BCUT2D eigenvalue weighted by Crippen LogP contribution is 2.42. The fourth-order valence-electron chi connectivity index (χ4n) is 8.48. The van der Waals surface area contributed by atoms with Gasteiger partial charge in [0.15, 0.2) is 0 Å². The molecule has 0 unspecified atom stereocenters. The summed E-state index contributed by atoms with van der Waals surface area (Å²) in [5, 5.41) is 9.65. The highest BCUT2D eigenvalue weighted by Gasteiger charge is 2.17. The summed E-state index contributed by atoms with van der Waals surface area (Å²) in [7, 11) is 0. The first-order valence-corrected chi connectivity index (χ1v) is 19.2. The number of para-hydroxylation sites is 1. The first-order chi connectivity index (χ1) is 27.7. The summed E-state index contributed by atoms with van der Waals surface area (Å²) in [4.78, 5) is 2.33. The topological polar surface area (TPSA) is 16.4 Å². The van der Waals surface area contributed by atoms with E-state index >= 15 is 0 Å². The van der Waals surface area contributed by atoms with Gasteiger partial charge in [-0.15, -0.1) is 0 Å². The molecule has 0 fully saturated rings. The summed E-state index contributed by atoms with van der Waals surface area (Å²) in [6, 6.07) is 76.3. The van der Waals surface area contributed by atoms with Gasteiger partial charge in [0.2, 0.25) is 0 Å². The molecule has 0 saturated heterocycles. The quantitative estimate of drug-likeness (QED) is 0.160. The normalized spacial score (nSPS) is 11.6. The number of furan rings is 1. The minimum Gasteiger partial charge on any atom is -0.455 e. The highest BCUT2D eigenvalue weighted by molar-refractivity contribution is 6.19. The maximum absolute atomic E-state index is 6.68. The Balaban J connectivity index is 0.963. The van der Waals surface area contributed by atoms with Crippen molar-refractivity contribution >= 4 is 71.3 Å². The Labute approximate surface area is 325 Å². The van der Waals surface area contributed by atoms with Crippen LogP contribution >= 0.6 is 0 Å². The van der Waals surface area contributed by atoms with Crippen LogP contribution in [0.15, 0.2) is 217 Å². The van der Waals surface area contributed by atoms with Crippen LogP contribution in [0.5, 0.6) is 0 Å². The van der Waals surface area contributed by atoms with E-state index in [1.807, 2.05) is 0 Å². The number of nitrogens with zero attached hydrogens (tertiary/aromatic N) is 1. The lowest BCUT2D eigenvalue weighted by Crippen LogP contribution is -2.09. The number of hydrogen-bond acceptors (Lipinski definition) is 2. The van der Waals surface area contributed by atoms with E-state index in [-0.39, 0.29) is 0 Å². The Kier molecular flexibility index (Phi) is 7.53. The molecule has 56 heavy (non-hydrogen) atoms. The first-order valence-electron chi connectivity index (χ1n) is 19.2. The van der Waals surface area contributed by atoms with Gasteiger partial charge in [-0.2, -0.15) is 0 Å². The lowest BCUT2D eigenvalue weighted by atomic mass is 9.95. The molecule has 0 saturated carbocycles. The van der Waals surface area contributed by atoms with E-state index in [1.54, 1.807) is 0 Å². The van der Waals surface area contributed by atoms with Crippen LogP contribution in [-0.4, -0.2) is 0 Å². The molecule has 0 aliphatic carbocycles. The standard InChI is InChI=1S/C54H35NO/c1-3-12-37(13-4-1)51-35-52-49-31-27-41(34-53(49)56-54(52)50-21-10-9-20-48(50)51)36-24-28-44(29-25-36)55(43-16-5-2-6-17-43)45-18-11-15-39(33-45)40-26-30-47-42(32-40)23-22-38-14-7-8-19-46(38)47/h1-35H. The molecule has 0 aliphatic heterocycles. The van der Waals surface area contributed by atoms with Crippen molar-refractivity contribution in [3.63, 3.8) is 0 Å². The number of benzene rings is 10. The maximum atomic E-state index is 6.68. The van der Waals surface area contributed by atoms with E-state index in [2.05, 4.69) is 217 Å². The second-order valence-corrected chi connectivity index (χ2v) is 14.5. The van der Waals surface area contributed by atoms with E-state index in [0.29, 0.717) is 0 Å². The van der Waals surface area contributed by atoms with Crippen LogP contribution in [0.4, 0.5) is 17.1 Å². The van der Waals surface area contributed by atoms with Crippen LogP contribution in [0.1, 0.15) is 0 Å². The van der Waals surface area contributed by atoms with Crippen molar-refractivity contribution in [2.45, 2.75) is 0 Å². The average Bonchev–Trinajstić information content (AvgIpc) is 3.65. The van der Waals surface area contributed by atoms with Gasteiger partial charge >= 0.3 is 0 Å². The fourth-order valence-corrected chi connectivity index (χ4v) is 8.48. The number of hydrogen-bond donors (Lipinski definition) is 0. The molecule has 10 aromatic carbocycles. The van der Waals surface area contributed by atoms with Crippen LogP contribution < -0.4 is 4.90 Å². The van der Waals surface area contributed by atoms with Crippen molar-refractivity contribution in [2.75, 3.05) is 4.90 Å². The lowest BCUT2D eigenvalue weighted by molar-refractivity contribution is 0.673. The minimum atomic E-state index is 0.890. The van der Waals surface area contributed by atoms with Crippen LogP contribution in [0, 0.1) is 0 Å². The summed E-state index contributed by atoms with van der Waals surface area (Å²) in [5.74, 6) is 0. The Morgan fingerprint density at radius 2 is 0.857 bits per heavy atom. The molecule has 262 valence electrons. The van der Waals surface area contributed by atoms with Gasteiger partial charge in [-0.05, 0) is 121 Å². The highest BCUT2D eigenvalue weighted by atomic mass is 16.3. The number of fused-ring (bicyclic) bond motifs is 8. The molecule has 11 aromatic rings. The summed E-state index contributed by atoms with van der Waals surface area (Å²) in [5.41, 5.74) is 12.2. The Bertz CT molecular complexity index is 3230. The van der Waals surface area contributed by atoms with E-state index in [4.69, 9.17) is 4.42 Å². The molecule has 0 spiro atoms. The molecule has 11 rings (SSSR count). The van der Waals surface area contributed by atoms with Crippen LogP contribution in [0.25, 0.3) is 87.6 Å². The third kappa shape index (κ3) is 5.42. The average molecular weight is 714 g/mol. The largest absolute Gasteiger partial charge is 0.455 e. The Morgan fingerprint density at radius 1 is 0.286 bits per heavy atom. The second kappa shape index (κ2) is 13.2. The van der Waals surface area contributed by atoms with Gasteiger partial charge < -0.3 is 9.32 Å². The van der Waals surface area contributed by atoms with Gasteiger partial charge in [-0.3, -0.25) is 0 Å². The molecule has 0 aliphatic rings. The summed E-state index contributed by atoms with van der Waals surface area (Å²) in [6.45, 7) is 0. The van der Waals surface area contributed by atoms with E-state index < -0.39 is 0 Å². The lowest BCUT2D eigenvalue weighted by Gasteiger charge is -2.26. The van der Waals surface area contributed by atoms with Crippen molar-refractivity contribution in [3.8, 4) is 33.4 Å². The van der Waals surface area contributed by atoms with Gasteiger partial charge in [-0.25, -0.2) is 0 Å². The molecule has 0 amide bonds. The van der Waals surface area contributed by atoms with Gasteiger partial charge in [0.1, 0.15) is 11.2 Å². The second-order valence-electron chi connectivity index (χ2n) is 14.5. The number of anilines is 3. The minimum absolute atomic E-state index is 0.890. The first kappa shape index (κ1) is 32.0. The third-order valence-corrected chi connectivity index (χ3v) is 11.2. The molecule has 0 N–H and O–H groups in total. The molecule has 2 nitrogen and oxygen atoms in total. The van der Waals surface area contributed by atoms with Gasteiger partial charge in [0, 0.05) is 33.2 Å². The van der Waals surface area contributed by atoms with E-state index in [0.717, 1.165) is 55.5 Å². The van der Waals surface area contributed by atoms with Crippen molar-refractivity contribution in [1.29, 1.82) is 0 Å². The van der Waals surface area contributed by atoms with Crippen molar-refractivity contribution in [3.05, 3.63) is 212 Å². The van der Waals surface area contributed by atoms with Crippen LogP contribution in [-0.2, 0) is 0 Å². The molecular weight excluding hydrogens is 679 g/mol. The summed E-state index contributed by atoms with van der Waals surface area (Å²) in [6.07, 6.45) is 0. The van der Waals surface area contributed by atoms with Crippen molar-refractivity contribution in [2.24, 2.45) is 0 Å². The van der Waals surface area contributed by atoms with Crippen LogP contribution in [0.3, 0.4) is 0 Å². The zero-order valence-corrected chi connectivity index (χ0v) is 30.6. The van der Waals surface area contributed by atoms with E-state index in [1.165, 1.54) is 49.2 Å². The van der Waals surface area contributed by atoms with Crippen LogP contribution in [0.2, 0.25) is 0 Å². The van der Waals surface area contributed by atoms with Crippen molar-refractivity contribution < 1.29 is 4.42 Å². The van der Waals surface area contributed by atoms with Gasteiger partial charge in [0.05, 0.1) is 0 Å². The maximum Gasteiger partial charge on any atom is 0.143 e. The predicted octanol–water partition coefficient (Wildman–Crippen LogP) is 15.5. The van der Waals surface area contributed by atoms with Gasteiger partial charge in [0.25, 0.3) is 0 Å². The summed E-state index contributed by atoms with van der Waals surface area (Å²) < 4.78 is 6.68. The molecule has 1 heterocycles. The molecule has 0 atom stereocenters. The van der Waals surface area contributed by atoms with E-state index in [9.17, 15) is 0 Å². The summed E-state index contributed by atoms with van der Waals surface area (Å²) >= 11 is 0. The Hall–Kier alpha value is -7.42. The Morgan fingerprint density at radius 3 is 1.68 bits per heavy atom. The molecule has 0 bridgehead atoms.